The van der Waals surface area contributed by atoms with Gasteiger partial charge in [0, 0.05) is 31.2 Å². The molecule has 5 rings (SSSR count). The minimum atomic E-state index is -0.450. The zero-order valence-electron chi connectivity index (χ0n) is 24.8. The molecule has 1 aliphatic rings. The van der Waals surface area contributed by atoms with Crippen LogP contribution in [0.25, 0.3) is 11.1 Å². The first kappa shape index (κ1) is 30.5. The molecule has 0 bridgehead atoms. The normalized spacial score (nSPS) is 16.8. The van der Waals surface area contributed by atoms with E-state index in [1.54, 1.807) is 0 Å². The van der Waals surface area contributed by atoms with Crippen molar-refractivity contribution in [1.82, 2.24) is 15.5 Å². The zero-order chi connectivity index (χ0) is 30.7. The first-order valence-electron chi connectivity index (χ1n) is 15.1. The summed E-state index contributed by atoms with van der Waals surface area (Å²) in [6.07, 6.45) is 1.89. The number of guanidine groups is 1. The molecule has 4 aromatic rings. The van der Waals surface area contributed by atoms with Crippen LogP contribution >= 0.6 is 0 Å². The third-order valence-corrected chi connectivity index (χ3v) is 7.99. The number of nitrogens with zero attached hydrogens (tertiary/aromatic N) is 2. The lowest BCUT2D eigenvalue weighted by Crippen LogP contribution is -2.49. The van der Waals surface area contributed by atoms with E-state index >= 15 is 0 Å². The predicted molar refractivity (Wildman–Crippen MR) is 176 cm³/mol. The topological polar surface area (TPSA) is 126 Å². The Kier molecular flexibility index (Phi) is 10.4. The van der Waals surface area contributed by atoms with Crippen LogP contribution < -0.4 is 22.1 Å². The molecule has 0 radical (unpaired) electrons. The Hall–Kier alpha value is -4.95. The lowest BCUT2D eigenvalue weighted by Gasteiger charge is -2.33. The molecule has 8 heteroatoms. The van der Waals surface area contributed by atoms with Crippen LogP contribution in [0.2, 0.25) is 0 Å². The number of rotatable bonds is 11. The highest BCUT2D eigenvalue weighted by Gasteiger charge is 2.35. The number of aliphatic imine (C=N–C) groups is 1. The third kappa shape index (κ3) is 7.90. The number of hydrogen-bond donors (Lipinski definition) is 4. The van der Waals surface area contributed by atoms with Crippen molar-refractivity contribution in [2.45, 2.75) is 37.4 Å². The number of hydrogen-bond acceptors (Lipinski definition) is 4. The summed E-state index contributed by atoms with van der Waals surface area (Å²) in [5.74, 6) is -0.0790. The van der Waals surface area contributed by atoms with E-state index in [0.717, 1.165) is 22.3 Å². The molecule has 0 saturated carbocycles. The number of carbonyl (C=O) groups excluding carboxylic acids is 2. The molecule has 44 heavy (non-hydrogen) atoms. The second kappa shape index (κ2) is 15.0. The van der Waals surface area contributed by atoms with Crippen molar-refractivity contribution in [2.24, 2.45) is 16.5 Å². The first-order valence-corrected chi connectivity index (χ1v) is 15.1. The van der Waals surface area contributed by atoms with Gasteiger partial charge in [0.05, 0.1) is 12.1 Å². The van der Waals surface area contributed by atoms with Gasteiger partial charge in [0.25, 0.3) is 5.91 Å². The summed E-state index contributed by atoms with van der Waals surface area (Å²) in [7, 11) is 0. The van der Waals surface area contributed by atoms with Crippen LogP contribution in [0.4, 0.5) is 0 Å². The minimum Gasteiger partial charge on any atom is -0.370 e. The van der Waals surface area contributed by atoms with Gasteiger partial charge in [-0.05, 0) is 53.6 Å². The maximum absolute atomic E-state index is 14.2. The molecule has 0 aromatic heterocycles. The summed E-state index contributed by atoms with van der Waals surface area (Å²) in [6.45, 7) is 1.37. The summed E-state index contributed by atoms with van der Waals surface area (Å²) < 4.78 is 0. The first-order chi connectivity index (χ1) is 21.5. The monoisotopic (exact) mass is 588 g/mol. The van der Waals surface area contributed by atoms with Crippen molar-refractivity contribution < 1.29 is 9.59 Å². The molecule has 6 N–H and O–H groups in total. The average molecular weight is 589 g/mol. The van der Waals surface area contributed by atoms with Gasteiger partial charge in [-0.2, -0.15) is 0 Å². The SMILES string of the molecule is NC(N)=NCCCC1NC(CNC(=O)c2ccc(-c3ccccc3)cc2)CCN(C(c2ccccc2)c2ccccc2)C1=O. The van der Waals surface area contributed by atoms with Gasteiger partial charge in [0.2, 0.25) is 5.91 Å². The van der Waals surface area contributed by atoms with E-state index in [1.165, 1.54) is 0 Å². The Morgan fingerprint density at radius 2 is 1.41 bits per heavy atom. The molecule has 1 fully saturated rings. The third-order valence-electron chi connectivity index (χ3n) is 7.99. The van der Waals surface area contributed by atoms with E-state index in [0.29, 0.717) is 44.5 Å². The lowest BCUT2D eigenvalue weighted by molar-refractivity contribution is -0.134. The molecule has 4 aromatic carbocycles. The van der Waals surface area contributed by atoms with Crippen molar-refractivity contribution in [2.75, 3.05) is 19.6 Å². The van der Waals surface area contributed by atoms with Gasteiger partial charge < -0.3 is 27.0 Å². The van der Waals surface area contributed by atoms with Crippen molar-refractivity contribution in [3.05, 3.63) is 132 Å². The Morgan fingerprint density at radius 3 is 2.00 bits per heavy atom. The van der Waals surface area contributed by atoms with Gasteiger partial charge >= 0.3 is 0 Å². The molecule has 0 aliphatic carbocycles. The molecule has 1 heterocycles. The summed E-state index contributed by atoms with van der Waals surface area (Å²) in [6, 6.07) is 37.2. The molecule has 1 saturated heterocycles. The maximum Gasteiger partial charge on any atom is 0.251 e. The fourth-order valence-electron chi connectivity index (χ4n) is 5.76. The minimum absolute atomic E-state index is 0.0257. The molecule has 1 aliphatic heterocycles. The van der Waals surface area contributed by atoms with Gasteiger partial charge in [-0.25, -0.2) is 0 Å². The number of benzene rings is 4. The van der Waals surface area contributed by atoms with Crippen molar-refractivity contribution in [3.8, 4) is 11.1 Å². The maximum atomic E-state index is 14.2. The standard InChI is InChI=1S/C36H40N6O2/c37-36(38)39-23-10-17-32-35(44)42(33(28-13-6-2-7-14-28)29-15-8-3-9-16-29)24-22-31(41-32)25-40-34(43)30-20-18-27(19-21-30)26-11-4-1-5-12-26/h1-9,11-16,18-21,31-33,41H,10,17,22-25H2,(H,40,43)(H4,37,38,39). The predicted octanol–water partition coefficient (Wildman–Crippen LogP) is 4.49. The lowest BCUT2D eigenvalue weighted by atomic mass is 9.96. The largest absolute Gasteiger partial charge is 0.370 e. The van der Waals surface area contributed by atoms with Crippen molar-refractivity contribution >= 4 is 17.8 Å². The Labute approximate surface area is 259 Å². The highest BCUT2D eigenvalue weighted by atomic mass is 16.2. The average Bonchev–Trinajstić information content (AvgIpc) is 3.22. The van der Waals surface area contributed by atoms with Crippen LogP contribution in [0.3, 0.4) is 0 Å². The molecule has 2 atom stereocenters. The molecular formula is C36H40N6O2. The highest BCUT2D eigenvalue weighted by Crippen LogP contribution is 2.31. The van der Waals surface area contributed by atoms with Gasteiger partial charge in [-0.15, -0.1) is 0 Å². The molecule has 2 unspecified atom stereocenters. The van der Waals surface area contributed by atoms with E-state index in [2.05, 4.69) is 39.9 Å². The molecule has 0 spiro atoms. The second-order valence-electron chi connectivity index (χ2n) is 11.1. The van der Waals surface area contributed by atoms with E-state index in [9.17, 15) is 9.59 Å². The molecule has 2 amide bonds. The summed E-state index contributed by atoms with van der Waals surface area (Å²) in [5, 5.41) is 6.66. The van der Waals surface area contributed by atoms with Crippen LogP contribution in [0.5, 0.6) is 0 Å². The smallest absolute Gasteiger partial charge is 0.251 e. The molecular weight excluding hydrogens is 548 g/mol. The Morgan fingerprint density at radius 1 is 0.841 bits per heavy atom. The number of carbonyl (C=O) groups is 2. The fourth-order valence-corrected chi connectivity index (χ4v) is 5.76. The number of nitrogens with two attached hydrogens (primary N) is 2. The second-order valence-corrected chi connectivity index (χ2v) is 11.1. The summed E-state index contributed by atoms with van der Waals surface area (Å²) in [4.78, 5) is 33.4. The number of amides is 2. The van der Waals surface area contributed by atoms with Crippen LogP contribution in [-0.4, -0.2) is 54.4 Å². The van der Waals surface area contributed by atoms with E-state index in [1.807, 2.05) is 95.9 Å². The van der Waals surface area contributed by atoms with Gasteiger partial charge in [0.1, 0.15) is 0 Å². The van der Waals surface area contributed by atoms with Crippen LogP contribution in [0.1, 0.15) is 46.8 Å². The summed E-state index contributed by atoms with van der Waals surface area (Å²) >= 11 is 0. The molecule has 226 valence electrons. The van der Waals surface area contributed by atoms with Crippen molar-refractivity contribution in [1.29, 1.82) is 0 Å². The quantitative estimate of drug-likeness (QED) is 0.117. The van der Waals surface area contributed by atoms with Gasteiger partial charge in [0.15, 0.2) is 5.96 Å². The fraction of sp³-hybridized carbons (Fsp3) is 0.250. The van der Waals surface area contributed by atoms with E-state index in [-0.39, 0.29) is 29.9 Å². The van der Waals surface area contributed by atoms with E-state index in [4.69, 9.17) is 11.5 Å². The Balaban J connectivity index is 1.32. The van der Waals surface area contributed by atoms with Gasteiger partial charge in [-0.1, -0.05) is 103 Å². The van der Waals surface area contributed by atoms with Crippen molar-refractivity contribution in [3.63, 3.8) is 0 Å². The molecule has 8 nitrogen and oxygen atoms in total. The van der Waals surface area contributed by atoms with Crippen LogP contribution in [0.15, 0.2) is 120 Å². The van der Waals surface area contributed by atoms with Gasteiger partial charge in [-0.3, -0.25) is 14.6 Å². The zero-order valence-corrected chi connectivity index (χ0v) is 24.8. The number of nitrogens with one attached hydrogen (secondary N) is 2. The highest BCUT2D eigenvalue weighted by molar-refractivity contribution is 5.94. The van der Waals surface area contributed by atoms with E-state index < -0.39 is 6.04 Å². The Bertz CT molecular complexity index is 1480. The van der Waals surface area contributed by atoms with Crippen LogP contribution in [0, 0.1) is 0 Å². The summed E-state index contributed by atoms with van der Waals surface area (Å²) in [5.41, 5.74) is 15.9. The van der Waals surface area contributed by atoms with Crippen LogP contribution in [-0.2, 0) is 4.79 Å².